The lowest BCUT2D eigenvalue weighted by molar-refractivity contribution is -0.146. The van der Waals surface area contributed by atoms with Crippen molar-refractivity contribution >= 4 is 11.9 Å². The molecule has 1 aliphatic rings. The minimum Gasteiger partial charge on any atom is -0.480 e. The summed E-state index contributed by atoms with van der Waals surface area (Å²) in [4.78, 5) is 24.1. The maximum absolute atomic E-state index is 12.6. The third-order valence-corrected chi connectivity index (χ3v) is 4.48. The first kappa shape index (κ1) is 16.5. The average Bonchev–Trinajstić information content (AvgIpc) is 2.42. The van der Waals surface area contributed by atoms with E-state index < -0.39 is 12.0 Å². The monoisotopic (exact) mass is 303 g/mol. The highest BCUT2D eigenvalue weighted by Crippen LogP contribution is 2.46. The van der Waals surface area contributed by atoms with Crippen LogP contribution in [-0.4, -0.2) is 23.0 Å². The lowest BCUT2D eigenvalue weighted by Crippen LogP contribution is -2.52. The van der Waals surface area contributed by atoms with Crippen molar-refractivity contribution in [3.63, 3.8) is 0 Å². The third kappa shape index (κ3) is 3.87. The predicted octanol–water partition coefficient (Wildman–Crippen LogP) is 3.01. The van der Waals surface area contributed by atoms with Crippen molar-refractivity contribution in [2.45, 2.75) is 52.0 Å². The van der Waals surface area contributed by atoms with Gasteiger partial charge in [0, 0.05) is 11.8 Å². The average molecular weight is 303 g/mol. The molecule has 1 saturated carbocycles. The van der Waals surface area contributed by atoms with Crippen LogP contribution in [-0.2, 0) is 16.0 Å². The zero-order chi connectivity index (χ0) is 16.2. The molecule has 1 aromatic rings. The van der Waals surface area contributed by atoms with Gasteiger partial charge in [-0.1, -0.05) is 50.6 Å². The second-order valence-electron chi connectivity index (χ2n) is 6.79. The summed E-state index contributed by atoms with van der Waals surface area (Å²) >= 11 is 0. The van der Waals surface area contributed by atoms with E-state index >= 15 is 0 Å². The van der Waals surface area contributed by atoms with E-state index in [-0.39, 0.29) is 11.3 Å². The van der Waals surface area contributed by atoms with Gasteiger partial charge < -0.3 is 10.4 Å². The molecule has 0 saturated heterocycles. The lowest BCUT2D eigenvalue weighted by Gasteiger charge is -2.42. The zero-order valence-electron chi connectivity index (χ0n) is 13.3. The van der Waals surface area contributed by atoms with E-state index in [9.17, 15) is 14.7 Å². The molecule has 1 fully saturated rings. The van der Waals surface area contributed by atoms with Gasteiger partial charge in [0.15, 0.2) is 0 Å². The molecule has 0 heterocycles. The number of hydrogen-bond acceptors (Lipinski definition) is 2. The van der Waals surface area contributed by atoms with Crippen molar-refractivity contribution in [1.82, 2.24) is 5.32 Å². The van der Waals surface area contributed by atoms with Gasteiger partial charge >= 0.3 is 5.97 Å². The molecular formula is C18H25NO3. The van der Waals surface area contributed by atoms with Crippen LogP contribution in [0.25, 0.3) is 0 Å². The number of carbonyl (C=O) groups is 2. The fourth-order valence-electron chi connectivity index (χ4n) is 3.27. The number of nitrogens with one attached hydrogen (secondary N) is 1. The quantitative estimate of drug-likeness (QED) is 0.813. The molecule has 4 nitrogen and oxygen atoms in total. The summed E-state index contributed by atoms with van der Waals surface area (Å²) in [7, 11) is 0. The van der Waals surface area contributed by atoms with Crippen molar-refractivity contribution in [3.05, 3.63) is 35.9 Å². The largest absolute Gasteiger partial charge is 0.480 e. The summed E-state index contributed by atoms with van der Waals surface area (Å²) < 4.78 is 0. The number of rotatable bonds is 7. The normalized spacial score (nSPS) is 17.6. The summed E-state index contributed by atoms with van der Waals surface area (Å²) in [6.07, 6.45) is 3.94. The number of carboxylic acid groups (broad SMARTS) is 1. The molecule has 1 aromatic carbocycles. The van der Waals surface area contributed by atoms with Gasteiger partial charge in [0.25, 0.3) is 0 Å². The Hall–Kier alpha value is -1.84. The van der Waals surface area contributed by atoms with Crippen LogP contribution in [0.5, 0.6) is 0 Å². The second kappa shape index (κ2) is 6.95. The van der Waals surface area contributed by atoms with E-state index in [0.29, 0.717) is 12.3 Å². The van der Waals surface area contributed by atoms with Crippen LogP contribution in [0.15, 0.2) is 30.3 Å². The van der Waals surface area contributed by atoms with Gasteiger partial charge in [-0.25, -0.2) is 4.79 Å². The Balaban J connectivity index is 2.04. The molecule has 1 atom stereocenters. The first-order valence-corrected chi connectivity index (χ1v) is 8.01. The Morgan fingerprint density at radius 2 is 1.86 bits per heavy atom. The lowest BCUT2D eigenvalue weighted by atomic mass is 9.64. The fraction of sp³-hybridized carbons (Fsp3) is 0.556. The van der Waals surface area contributed by atoms with Crippen LogP contribution in [0.1, 0.15) is 45.1 Å². The maximum atomic E-state index is 12.6. The SMILES string of the molecule is CC(C)CC1(C(=O)NC(Cc2ccccc2)C(=O)O)CCC1. The molecule has 2 rings (SSSR count). The number of benzene rings is 1. The molecule has 1 amide bonds. The molecule has 120 valence electrons. The standard InChI is InChI=1S/C18H25NO3/c1-13(2)12-18(9-6-10-18)17(22)19-15(16(20)21)11-14-7-4-3-5-8-14/h3-5,7-8,13,15H,6,9-12H2,1-2H3,(H,19,22)(H,20,21). The van der Waals surface area contributed by atoms with Crippen LogP contribution < -0.4 is 5.32 Å². The van der Waals surface area contributed by atoms with Crippen molar-refractivity contribution in [3.8, 4) is 0 Å². The minimum atomic E-state index is -0.976. The topological polar surface area (TPSA) is 66.4 Å². The van der Waals surface area contributed by atoms with E-state index in [1.54, 1.807) is 0 Å². The summed E-state index contributed by atoms with van der Waals surface area (Å²) in [6, 6.07) is 8.55. The highest BCUT2D eigenvalue weighted by molar-refractivity contribution is 5.88. The maximum Gasteiger partial charge on any atom is 0.326 e. The molecule has 0 spiro atoms. The molecule has 1 unspecified atom stereocenters. The summed E-state index contributed by atoms with van der Waals surface area (Å²) in [5, 5.41) is 12.2. The predicted molar refractivity (Wildman–Crippen MR) is 85.5 cm³/mol. The van der Waals surface area contributed by atoms with Crippen molar-refractivity contribution in [2.75, 3.05) is 0 Å². The Labute approximate surface area is 131 Å². The molecule has 22 heavy (non-hydrogen) atoms. The van der Waals surface area contributed by atoms with Gasteiger partial charge in [0.2, 0.25) is 5.91 Å². The Morgan fingerprint density at radius 1 is 1.23 bits per heavy atom. The number of carbonyl (C=O) groups excluding carboxylic acids is 1. The van der Waals surface area contributed by atoms with Gasteiger partial charge in [0.05, 0.1) is 0 Å². The highest BCUT2D eigenvalue weighted by Gasteiger charge is 2.45. The summed E-state index contributed by atoms with van der Waals surface area (Å²) in [5.74, 6) is -0.629. The Bertz CT molecular complexity index is 520. The van der Waals surface area contributed by atoms with Crippen molar-refractivity contribution in [1.29, 1.82) is 0 Å². The van der Waals surface area contributed by atoms with E-state index in [1.807, 2.05) is 30.3 Å². The number of amides is 1. The third-order valence-electron chi connectivity index (χ3n) is 4.48. The molecule has 0 radical (unpaired) electrons. The zero-order valence-corrected chi connectivity index (χ0v) is 13.3. The van der Waals surface area contributed by atoms with Crippen LogP contribution in [0.4, 0.5) is 0 Å². The molecule has 2 N–H and O–H groups in total. The molecular weight excluding hydrogens is 278 g/mol. The first-order valence-electron chi connectivity index (χ1n) is 8.01. The Kier molecular flexibility index (Phi) is 5.22. The number of aliphatic carboxylic acids is 1. The van der Waals surface area contributed by atoms with Crippen LogP contribution in [0.3, 0.4) is 0 Å². The second-order valence-corrected chi connectivity index (χ2v) is 6.79. The van der Waals surface area contributed by atoms with Crippen LogP contribution >= 0.6 is 0 Å². The molecule has 4 heteroatoms. The number of hydrogen-bond donors (Lipinski definition) is 2. The van der Waals surface area contributed by atoms with E-state index in [1.165, 1.54) is 0 Å². The highest BCUT2D eigenvalue weighted by atomic mass is 16.4. The van der Waals surface area contributed by atoms with Gasteiger partial charge in [-0.2, -0.15) is 0 Å². The van der Waals surface area contributed by atoms with E-state index in [0.717, 1.165) is 31.2 Å². The van der Waals surface area contributed by atoms with Gasteiger partial charge in [0.1, 0.15) is 6.04 Å². The fourth-order valence-corrected chi connectivity index (χ4v) is 3.27. The number of carboxylic acids is 1. The van der Waals surface area contributed by atoms with Gasteiger partial charge in [-0.05, 0) is 30.7 Å². The summed E-state index contributed by atoms with van der Waals surface area (Å²) in [5.41, 5.74) is 0.570. The first-order chi connectivity index (χ1) is 10.4. The van der Waals surface area contributed by atoms with Gasteiger partial charge in [-0.3, -0.25) is 4.79 Å². The molecule has 1 aliphatic carbocycles. The van der Waals surface area contributed by atoms with E-state index in [4.69, 9.17) is 0 Å². The molecule has 0 aliphatic heterocycles. The van der Waals surface area contributed by atoms with E-state index in [2.05, 4.69) is 19.2 Å². The molecule has 0 bridgehead atoms. The van der Waals surface area contributed by atoms with Crippen molar-refractivity contribution in [2.24, 2.45) is 11.3 Å². The Morgan fingerprint density at radius 3 is 2.32 bits per heavy atom. The summed E-state index contributed by atoms with van der Waals surface area (Å²) in [6.45, 7) is 4.21. The van der Waals surface area contributed by atoms with Gasteiger partial charge in [-0.15, -0.1) is 0 Å². The van der Waals surface area contributed by atoms with Crippen LogP contribution in [0.2, 0.25) is 0 Å². The molecule has 0 aromatic heterocycles. The van der Waals surface area contributed by atoms with Crippen LogP contribution in [0, 0.1) is 11.3 Å². The smallest absolute Gasteiger partial charge is 0.326 e. The van der Waals surface area contributed by atoms with Crippen molar-refractivity contribution < 1.29 is 14.7 Å². The minimum absolute atomic E-state index is 0.0872.